The Hall–Kier alpha value is -4.38. The molecule has 0 saturated heterocycles. The molecule has 1 aromatic heterocycles. The van der Waals surface area contributed by atoms with Gasteiger partial charge >= 0.3 is 0 Å². The number of amides is 1. The Morgan fingerprint density at radius 1 is 1.02 bits per heavy atom. The maximum Gasteiger partial charge on any atom is 0.253 e. The van der Waals surface area contributed by atoms with E-state index in [1.54, 1.807) is 12.3 Å². The summed E-state index contributed by atoms with van der Waals surface area (Å²) in [6.45, 7) is 2.18. The molecule has 0 bridgehead atoms. The van der Waals surface area contributed by atoms with Gasteiger partial charge in [-0.25, -0.2) is 4.98 Å². The van der Waals surface area contributed by atoms with E-state index in [0.717, 1.165) is 42.6 Å². The Labute approximate surface area is 245 Å². The molecule has 1 amide bonds. The summed E-state index contributed by atoms with van der Waals surface area (Å²) in [6, 6.07) is 29.5. The molecule has 3 aromatic carbocycles. The zero-order chi connectivity index (χ0) is 28.4. The van der Waals surface area contributed by atoms with Crippen molar-refractivity contribution in [3.05, 3.63) is 113 Å². The molecule has 7 nitrogen and oxygen atoms in total. The normalized spacial score (nSPS) is 15.2. The van der Waals surface area contributed by atoms with Crippen molar-refractivity contribution >= 4 is 23.2 Å². The highest BCUT2D eigenvalue weighted by Gasteiger charge is 2.25. The van der Waals surface area contributed by atoms with Gasteiger partial charge in [-0.15, -0.1) is 0 Å². The van der Waals surface area contributed by atoms with Crippen molar-refractivity contribution in [1.82, 2.24) is 15.6 Å². The Balaban J connectivity index is 0.000000500. The quantitative estimate of drug-likeness (QED) is 0.232. The van der Waals surface area contributed by atoms with Gasteiger partial charge in [0.1, 0.15) is 6.10 Å². The summed E-state index contributed by atoms with van der Waals surface area (Å²) in [5.41, 5.74) is 4.93. The van der Waals surface area contributed by atoms with E-state index in [-0.39, 0.29) is 18.1 Å². The van der Waals surface area contributed by atoms with Gasteiger partial charge in [-0.05, 0) is 67.3 Å². The lowest BCUT2D eigenvalue weighted by Gasteiger charge is -2.27. The van der Waals surface area contributed by atoms with Crippen LogP contribution in [0.25, 0.3) is 11.1 Å². The number of hydrogen-bond acceptors (Lipinski definition) is 6. The Kier molecular flexibility index (Phi) is 9.48. The van der Waals surface area contributed by atoms with Crippen molar-refractivity contribution in [3.63, 3.8) is 0 Å². The molecule has 1 aliphatic carbocycles. The van der Waals surface area contributed by atoms with Crippen LogP contribution < -0.4 is 20.7 Å². The SMILES string of the molecule is N#Cc1ccc(CCNC[C@@H]2CNc3cc(-c4ccc(Cl)c(C(=O)NC5CC5)c4)cnc3O2)cc1.c1ccccc1. The molecule has 2 heterocycles. The molecule has 3 N–H and O–H groups in total. The minimum absolute atomic E-state index is 0.0323. The number of fused-ring (bicyclic) bond motifs is 1. The zero-order valence-electron chi connectivity index (χ0n) is 22.6. The fourth-order valence-corrected chi connectivity index (χ4v) is 4.57. The van der Waals surface area contributed by atoms with Crippen LogP contribution in [0.3, 0.4) is 0 Å². The predicted molar refractivity (Wildman–Crippen MR) is 162 cm³/mol. The molecule has 1 aliphatic heterocycles. The van der Waals surface area contributed by atoms with Crippen LogP contribution in [0.2, 0.25) is 5.02 Å². The lowest BCUT2D eigenvalue weighted by Crippen LogP contribution is -2.40. The lowest BCUT2D eigenvalue weighted by atomic mass is 10.0. The second-order valence-corrected chi connectivity index (χ2v) is 10.5. The van der Waals surface area contributed by atoms with Crippen LogP contribution in [-0.4, -0.2) is 42.7 Å². The fourth-order valence-electron chi connectivity index (χ4n) is 4.36. The summed E-state index contributed by atoms with van der Waals surface area (Å²) in [5, 5.41) is 19.2. The number of rotatable bonds is 8. The molecule has 1 atom stereocenters. The van der Waals surface area contributed by atoms with E-state index in [1.807, 2.05) is 78.9 Å². The van der Waals surface area contributed by atoms with Gasteiger partial charge in [-0.1, -0.05) is 66.2 Å². The molecule has 4 aromatic rings. The molecular weight excluding hydrogens is 534 g/mol. The van der Waals surface area contributed by atoms with Crippen molar-refractivity contribution in [3.8, 4) is 23.1 Å². The number of nitrogens with one attached hydrogen (secondary N) is 3. The van der Waals surface area contributed by atoms with Crippen molar-refractivity contribution < 1.29 is 9.53 Å². The van der Waals surface area contributed by atoms with E-state index in [9.17, 15) is 4.79 Å². The van der Waals surface area contributed by atoms with Crippen LogP contribution in [0, 0.1) is 11.3 Å². The van der Waals surface area contributed by atoms with Crippen LogP contribution in [0.15, 0.2) is 91.1 Å². The smallest absolute Gasteiger partial charge is 0.253 e. The maximum atomic E-state index is 12.5. The number of pyridine rings is 1. The number of benzene rings is 3. The first-order chi connectivity index (χ1) is 20.1. The van der Waals surface area contributed by atoms with E-state index < -0.39 is 0 Å². The average Bonchev–Trinajstić information content (AvgIpc) is 3.84. The summed E-state index contributed by atoms with van der Waals surface area (Å²) in [6.07, 6.45) is 4.66. The zero-order valence-corrected chi connectivity index (χ0v) is 23.4. The number of hydrogen-bond donors (Lipinski definition) is 3. The van der Waals surface area contributed by atoms with Crippen LogP contribution >= 0.6 is 11.6 Å². The second kappa shape index (κ2) is 13.8. The van der Waals surface area contributed by atoms with Gasteiger partial charge < -0.3 is 20.7 Å². The van der Waals surface area contributed by atoms with Crippen molar-refractivity contribution in [2.24, 2.45) is 0 Å². The molecule has 8 heteroatoms. The standard InChI is InChI=1S/C27H26ClN5O2.C6H6/c28-24-8-5-19(11-23(24)26(34)33-21-6-7-21)20-12-25-27(32-14-20)35-22(16-31-25)15-30-10-9-17-1-3-18(13-29)4-2-17;1-2-4-6-5-3-1/h1-5,8,11-12,14,21-22,30-31H,6-7,9-10,15-16H2,(H,33,34);1-6H/t22-;/m1./s1. The Morgan fingerprint density at radius 3 is 2.44 bits per heavy atom. The molecule has 6 rings (SSSR count). The van der Waals surface area contributed by atoms with Gasteiger partial charge in [0.25, 0.3) is 5.91 Å². The molecule has 0 radical (unpaired) electrons. The van der Waals surface area contributed by atoms with Crippen molar-refractivity contribution in [1.29, 1.82) is 5.26 Å². The first-order valence-electron chi connectivity index (χ1n) is 13.8. The van der Waals surface area contributed by atoms with Gasteiger partial charge in [-0.3, -0.25) is 4.79 Å². The average molecular weight is 566 g/mol. The third kappa shape index (κ3) is 8.07. The molecule has 1 fully saturated rings. The van der Waals surface area contributed by atoms with Crippen LogP contribution in [0.1, 0.15) is 34.3 Å². The monoisotopic (exact) mass is 565 g/mol. The molecule has 1 saturated carbocycles. The van der Waals surface area contributed by atoms with E-state index in [2.05, 4.69) is 27.0 Å². The summed E-state index contributed by atoms with van der Waals surface area (Å²) < 4.78 is 6.08. The molecule has 208 valence electrons. The topological polar surface area (TPSA) is 99.1 Å². The number of halogens is 1. The maximum absolute atomic E-state index is 12.5. The van der Waals surface area contributed by atoms with Crippen molar-refractivity contribution in [2.45, 2.75) is 31.4 Å². The minimum Gasteiger partial charge on any atom is -0.470 e. The van der Waals surface area contributed by atoms with Crippen LogP contribution in [0.4, 0.5) is 5.69 Å². The van der Waals surface area contributed by atoms with Gasteiger partial charge in [-0.2, -0.15) is 5.26 Å². The number of ether oxygens (including phenoxy) is 1. The Morgan fingerprint density at radius 2 is 1.76 bits per heavy atom. The molecular formula is C33H32ClN5O2. The van der Waals surface area contributed by atoms with Gasteiger partial charge in [0, 0.05) is 24.3 Å². The summed E-state index contributed by atoms with van der Waals surface area (Å²) in [5.74, 6) is 0.431. The number of nitrogens with zero attached hydrogens (tertiary/aromatic N) is 2. The Bertz CT molecular complexity index is 1470. The fraction of sp³-hybridized carbons (Fsp3) is 0.242. The van der Waals surface area contributed by atoms with Gasteiger partial charge in [0.05, 0.1) is 34.5 Å². The largest absolute Gasteiger partial charge is 0.470 e. The molecule has 41 heavy (non-hydrogen) atoms. The first kappa shape index (κ1) is 28.2. The summed E-state index contributed by atoms with van der Waals surface area (Å²) >= 11 is 6.29. The summed E-state index contributed by atoms with van der Waals surface area (Å²) in [4.78, 5) is 17.0. The minimum atomic E-state index is -0.138. The van der Waals surface area contributed by atoms with E-state index in [1.165, 1.54) is 5.56 Å². The molecule has 0 unspecified atom stereocenters. The van der Waals surface area contributed by atoms with Gasteiger partial charge in [0.15, 0.2) is 0 Å². The highest BCUT2D eigenvalue weighted by Crippen LogP contribution is 2.33. The predicted octanol–water partition coefficient (Wildman–Crippen LogP) is 5.86. The molecule has 2 aliphatic rings. The van der Waals surface area contributed by atoms with E-state index >= 15 is 0 Å². The number of aromatic nitrogens is 1. The summed E-state index contributed by atoms with van der Waals surface area (Å²) in [7, 11) is 0. The third-order valence-electron chi connectivity index (χ3n) is 6.82. The number of carbonyl (C=O) groups is 1. The number of nitriles is 1. The first-order valence-corrected chi connectivity index (χ1v) is 14.2. The van der Waals surface area contributed by atoms with Crippen molar-refractivity contribution in [2.75, 3.05) is 25.0 Å². The van der Waals surface area contributed by atoms with E-state index in [4.69, 9.17) is 21.6 Å². The highest BCUT2D eigenvalue weighted by molar-refractivity contribution is 6.34. The lowest BCUT2D eigenvalue weighted by molar-refractivity contribution is 0.0951. The number of anilines is 1. The number of carbonyl (C=O) groups excluding carboxylic acids is 1. The second-order valence-electron chi connectivity index (χ2n) is 10.1. The van der Waals surface area contributed by atoms with E-state index in [0.29, 0.717) is 35.1 Å². The highest BCUT2D eigenvalue weighted by atomic mass is 35.5. The molecule has 0 spiro atoms. The van der Waals surface area contributed by atoms with Crippen LogP contribution in [-0.2, 0) is 6.42 Å². The van der Waals surface area contributed by atoms with Crippen LogP contribution in [0.5, 0.6) is 5.88 Å². The van der Waals surface area contributed by atoms with Gasteiger partial charge in [0.2, 0.25) is 5.88 Å². The third-order valence-corrected chi connectivity index (χ3v) is 7.15.